The number of aryl methyl sites for hydroxylation is 2. The van der Waals surface area contributed by atoms with Crippen LogP contribution in [0.1, 0.15) is 21.2 Å². The Morgan fingerprint density at radius 3 is 2.81 bits per heavy atom. The van der Waals surface area contributed by atoms with Crippen LogP contribution in [0.4, 0.5) is 10.9 Å². The van der Waals surface area contributed by atoms with Gasteiger partial charge in [-0.1, -0.05) is 11.3 Å². The van der Waals surface area contributed by atoms with Gasteiger partial charge in [-0.2, -0.15) is 0 Å². The molecule has 82 valence electrons. The average Bonchev–Trinajstić information content (AvgIpc) is 2.64. The minimum atomic E-state index is 0.588. The van der Waals surface area contributed by atoms with E-state index in [4.69, 9.17) is 0 Å². The van der Waals surface area contributed by atoms with Crippen molar-refractivity contribution < 1.29 is 4.79 Å². The number of aromatic nitrogens is 3. The Labute approximate surface area is 96.6 Å². The number of nitrogens with zero attached hydrogens (tertiary/aromatic N) is 3. The minimum Gasteiger partial charge on any atom is -0.316 e. The van der Waals surface area contributed by atoms with Crippen molar-refractivity contribution in [3.8, 4) is 0 Å². The van der Waals surface area contributed by atoms with Crippen molar-refractivity contribution >= 4 is 28.6 Å². The molecule has 2 rings (SSSR count). The zero-order valence-electron chi connectivity index (χ0n) is 8.89. The van der Waals surface area contributed by atoms with Crippen molar-refractivity contribution in [2.24, 2.45) is 0 Å². The third-order valence-corrected chi connectivity index (χ3v) is 2.68. The Morgan fingerprint density at radius 1 is 1.38 bits per heavy atom. The maximum absolute atomic E-state index is 10.5. The van der Waals surface area contributed by atoms with E-state index in [9.17, 15) is 4.79 Å². The molecule has 0 aliphatic carbocycles. The van der Waals surface area contributed by atoms with Crippen molar-refractivity contribution in [2.75, 3.05) is 5.32 Å². The zero-order chi connectivity index (χ0) is 11.5. The first kappa shape index (κ1) is 10.7. The maximum Gasteiger partial charge on any atom is 0.188 e. The van der Waals surface area contributed by atoms with E-state index in [0.717, 1.165) is 12.0 Å². The van der Waals surface area contributed by atoms with Gasteiger partial charge in [-0.15, -0.1) is 0 Å². The van der Waals surface area contributed by atoms with Crippen LogP contribution < -0.4 is 5.32 Å². The molecule has 0 saturated carbocycles. The molecule has 0 amide bonds. The topological polar surface area (TPSA) is 67.8 Å². The van der Waals surface area contributed by atoms with Crippen LogP contribution in [-0.2, 0) is 0 Å². The van der Waals surface area contributed by atoms with E-state index in [0.29, 0.717) is 21.7 Å². The van der Waals surface area contributed by atoms with E-state index in [1.165, 1.54) is 17.5 Å². The molecule has 0 aliphatic rings. The third-order valence-electron chi connectivity index (χ3n) is 1.84. The first-order valence-corrected chi connectivity index (χ1v) is 5.49. The second-order valence-corrected chi connectivity index (χ2v) is 4.31. The lowest BCUT2D eigenvalue weighted by Gasteiger charge is -2.03. The SMILES string of the molecule is Cc1cc(Nc2ncc(C=O)s2)nc(C)n1. The second-order valence-electron chi connectivity index (χ2n) is 3.25. The van der Waals surface area contributed by atoms with Gasteiger partial charge in [0.15, 0.2) is 11.4 Å². The monoisotopic (exact) mass is 234 g/mol. The predicted octanol–water partition coefficient (Wildman–Crippen LogP) is 2.11. The fourth-order valence-electron chi connectivity index (χ4n) is 1.29. The first-order chi connectivity index (χ1) is 7.67. The number of hydrogen-bond donors (Lipinski definition) is 1. The van der Waals surface area contributed by atoms with Gasteiger partial charge >= 0.3 is 0 Å². The molecule has 5 nitrogen and oxygen atoms in total. The van der Waals surface area contributed by atoms with Crippen LogP contribution in [0.25, 0.3) is 0 Å². The molecule has 0 aromatic carbocycles. The molecule has 0 aliphatic heterocycles. The molecule has 0 fully saturated rings. The Bertz CT molecular complexity index is 503. The van der Waals surface area contributed by atoms with Crippen molar-refractivity contribution in [1.82, 2.24) is 15.0 Å². The largest absolute Gasteiger partial charge is 0.316 e. The first-order valence-electron chi connectivity index (χ1n) is 4.67. The molecule has 6 heteroatoms. The number of nitrogens with one attached hydrogen (secondary N) is 1. The Balaban J connectivity index is 2.22. The number of aldehydes is 1. The van der Waals surface area contributed by atoms with E-state index in [-0.39, 0.29) is 0 Å². The molecule has 2 heterocycles. The van der Waals surface area contributed by atoms with Crippen LogP contribution in [0.15, 0.2) is 12.3 Å². The van der Waals surface area contributed by atoms with Gasteiger partial charge in [0, 0.05) is 11.8 Å². The van der Waals surface area contributed by atoms with Gasteiger partial charge in [-0.05, 0) is 13.8 Å². The van der Waals surface area contributed by atoms with Crippen molar-refractivity contribution in [3.05, 3.63) is 28.7 Å². The summed E-state index contributed by atoms with van der Waals surface area (Å²) in [6, 6.07) is 1.83. The Morgan fingerprint density at radius 2 is 2.19 bits per heavy atom. The maximum atomic E-state index is 10.5. The summed E-state index contributed by atoms with van der Waals surface area (Å²) in [5.41, 5.74) is 0.891. The normalized spacial score (nSPS) is 10.1. The lowest BCUT2D eigenvalue weighted by atomic mass is 10.4. The molecule has 2 aromatic rings. The molecular weight excluding hydrogens is 224 g/mol. The van der Waals surface area contributed by atoms with Gasteiger partial charge in [0.05, 0.1) is 11.1 Å². The molecule has 0 spiro atoms. The highest BCUT2D eigenvalue weighted by molar-refractivity contribution is 7.17. The van der Waals surface area contributed by atoms with Crippen LogP contribution in [0, 0.1) is 13.8 Å². The van der Waals surface area contributed by atoms with Gasteiger partial charge in [0.25, 0.3) is 0 Å². The summed E-state index contributed by atoms with van der Waals surface area (Å²) in [7, 11) is 0. The molecule has 2 aromatic heterocycles. The predicted molar refractivity (Wildman–Crippen MR) is 62.3 cm³/mol. The highest BCUT2D eigenvalue weighted by Gasteiger charge is 2.03. The summed E-state index contributed by atoms with van der Waals surface area (Å²) < 4.78 is 0. The summed E-state index contributed by atoms with van der Waals surface area (Å²) in [5, 5.41) is 3.69. The molecule has 0 saturated heterocycles. The standard InChI is InChI=1S/C10H10N4OS/c1-6-3-9(13-7(2)12-6)14-10-11-4-8(5-15)16-10/h3-5H,1-2H3,(H,11,12,13,14). The fourth-order valence-corrected chi connectivity index (χ4v) is 1.93. The number of rotatable bonds is 3. The molecule has 0 atom stereocenters. The van der Waals surface area contributed by atoms with E-state index in [2.05, 4.69) is 20.3 Å². The van der Waals surface area contributed by atoms with Crippen LogP contribution in [0.3, 0.4) is 0 Å². The van der Waals surface area contributed by atoms with E-state index in [1.807, 2.05) is 19.9 Å². The lowest BCUT2D eigenvalue weighted by molar-refractivity contribution is 0.112. The fraction of sp³-hybridized carbons (Fsp3) is 0.200. The zero-order valence-corrected chi connectivity index (χ0v) is 9.71. The van der Waals surface area contributed by atoms with E-state index >= 15 is 0 Å². The summed E-state index contributed by atoms with van der Waals surface area (Å²) in [6.07, 6.45) is 2.31. The highest BCUT2D eigenvalue weighted by atomic mass is 32.1. The quantitative estimate of drug-likeness (QED) is 0.824. The number of carbonyl (C=O) groups is 1. The lowest BCUT2D eigenvalue weighted by Crippen LogP contribution is -1.98. The molecule has 0 unspecified atom stereocenters. The van der Waals surface area contributed by atoms with Gasteiger partial charge < -0.3 is 5.32 Å². The number of carbonyl (C=O) groups excluding carboxylic acids is 1. The average molecular weight is 234 g/mol. The van der Waals surface area contributed by atoms with Crippen LogP contribution in [0.2, 0.25) is 0 Å². The summed E-state index contributed by atoms with van der Waals surface area (Å²) >= 11 is 1.29. The summed E-state index contributed by atoms with van der Waals surface area (Å²) in [5.74, 6) is 1.39. The Kier molecular flexibility index (Phi) is 2.91. The van der Waals surface area contributed by atoms with Gasteiger partial charge in [0.1, 0.15) is 11.6 Å². The Hall–Kier alpha value is -1.82. The van der Waals surface area contributed by atoms with Crippen molar-refractivity contribution in [2.45, 2.75) is 13.8 Å². The minimum absolute atomic E-state index is 0.588. The number of thiazole rings is 1. The van der Waals surface area contributed by atoms with E-state index < -0.39 is 0 Å². The van der Waals surface area contributed by atoms with E-state index in [1.54, 1.807) is 0 Å². The molecule has 16 heavy (non-hydrogen) atoms. The molecule has 0 bridgehead atoms. The smallest absolute Gasteiger partial charge is 0.188 e. The number of hydrogen-bond acceptors (Lipinski definition) is 6. The molecular formula is C10H10N4OS. The molecule has 0 radical (unpaired) electrons. The van der Waals surface area contributed by atoms with Crippen molar-refractivity contribution in [3.63, 3.8) is 0 Å². The highest BCUT2D eigenvalue weighted by Crippen LogP contribution is 2.20. The van der Waals surface area contributed by atoms with Gasteiger partial charge in [0.2, 0.25) is 0 Å². The van der Waals surface area contributed by atoms with Crippen molar-refractivity contribution in [1.29, 1.82) is 0 Å². The summed E-state index contributed by atoms with van der Waals surface area (Å²) in [4.78, 5) is 23.5. The van der Waals surface area contributed by atoms with Gasteiger partial charge in [-0.3, -0.25) is 4.79 Å². The van der Waals surface area contributed by atoms with Crippen LogP contribution in [0.5, 0.6) is 0 Å². The number of anilines is 2. The summed E-state index contributed by atoms with van der Waals surface area (Å²) in [6.45, 7) is 3.73. The van der Waals surface area contributed by atoms with Gasteiger partial charge in [-0.25, -0.2) is 15.0 Å². The second kappa shape index (κ2) is 4.36. The molecule has 1 N–H and O–H groups in total. The van der Waals surface area contributed by atoms with Crippen LogP contribution >= 0.6 is 11.3 Å². The third kappa shape index (κ3) is 2.40. The van der Waals surface area contributed by atoms with Crippen LogP contribution in [-0.4, -0.2) is 21.2 Å².